The highest BCUT2D eigenvalue weighted by molar-refractivity contribution is 5.96. The lowest BCUT2D eigenvalue weighted by atomic mass is 10.0. The van der Waals surface area contributed by atoms with Crippen molar-refractivity contribution < 1.29 is 9.59 Å². The van der Waals surface area contributed by atoms with Crippen LogP contribution in [-0.2, 0) is 9.59 Å². The van der Waals surface area contributed by atoms with Crippen molar-refractivity contribution in [3.63, 3.8) is 0 Å². The first-order valence-corrected chi connectivity index (χ1v) is 9.64. The van der Waals surface area contributed by atoms with Crippen LogP contribution in [-0.4, -0.2) is 42.4 Å². The number of amides is 2. The third kappa shape index (κ3) is 8.28. The van der Waals surface area contributed by atoms with Gasteiger partial charge in [0.05, 0.1) is 12.6 Å². The number of nitrogens with two attached hydrogens (primary N) is 1. The van der Waals surface area contributed by atoms with Crippen LogP contribution in [0.3, 0.4) is 0 Å². The third-order valence-corrected chi connectivity index (χ3v) is 4.77. The number of nitrogens with one attached hydrogen (secondary N) is 2. The lowest BCUT2D eigenvalue weighted by Crippen LogP contribution is -2.39. The van der Waals surface area contributed by atoms with E-state index in [0.29, 0.717) is 12.2 Å². The molecule has 0 saturated carbocycles. The maximum absolute atomic E-state index is 12.3. The van der Waals surface area contributed by atoms with Gasteiger partial charge in [0.1, 0.15) is 0 Å². The van der Waals surface area contributed by atoms with E-state index < -0.39 is 6.04 Å². The summed E-state index contributed by atoms with van der Waals surface area (Å²) in [6.07, 6.45) is 6.16. The molecule has 1 fully saturated rings. The molecule has 2 rings (SSSR count). The Hall–Kier alpha value is -1.63. The SMILES string of the molecule is CC(C)[C@H](N)C(=O)Nc1ccc(NC(=O)CN2CCCCCCC2)cc1.Cl. The van der Waals surface area contributed by atoms with Gasteiger partial charge < -0.3 is 16.4 Å². The summed E-state index contributed by atoms with van der Waals surface area (Å²) in [5.74, 6) is -0.116. The minimum atomic E-state index is -0.535. The average molecular weight is 397 g/mol. The van der Waals surface area contributed by atoms with Gasteiger partial charge in [-0.1, -0.05) is 33.1 Å². The molecule has 27 heavy (non-hydrogen) atoms. The summed E-state index contributed by atoms with van der Waals surface area (Å²) >= 11 is 0. The monoisotopic (exact) mass is 396 g/mol. The van der Waals surface area contributed by atoms with Crippen LogP contribution in [0.1, 0.15) is 46.0 Å². The van der Waals surface area contributed by atoms with Crippen molar-refractivity contribution in [1.29, 1.82) is 0 Å². The first-order valence-electron chi connectivity index (χ1n) is 9.64. The van der Waals surface area contributed by atoms with E-state index in [0.717, 1.165) is 18.8 Å². The molecule has 6 nitrogen and oxygen atoms in total. The number of hydrogen-bond acceptors (Lipinski definition) is 4. The maximum Gasteiger partial charge on any atom is 0.241 e. The number of rotatable bonds is 6. The molecular weight excluding hydrogens is 364 g/mol. The summed E-state index contributed by atoms with van der Waals surface area (Å²) in [6.45, 7) is 6.24. The average Bonchev–Trinajstić information content (AvgIpc) is 2.58. The summed E-state index contributed by atoms with van der Waals surface area (Å²) < 4.78 is 0. The molecule has 1 aromatic rings. The smallest absolute Gasteiger partial charge is 0.241 e. The molecule has 152 valence electrons. The maximum atomic E-state index is 12.3. The number of hydrogen-bond donors (Lipinski definition) is 3. The molecule has 1 aliphatic heterocycles. The molecule has 1 aliphatic rings. The highest BCUT2D eigenvalue weighted by Crippen LogP contribution is 2.15. The molecule has 0 spiro atoms. The molecule has 0 aliphatic carbocycles. The van der Waals surface area contributed by atoms with Crippen molar-refractivity contribution in [2.24, 2.45) is 11.7 Å². The second kappa shape index (κ2) is 12.0. The number of likely N-dealkylation sites (tertiary alicyclic amines) is 1. The number of benzene rings is 1. The topological polar surface area (TPSA) is 87.5 Å². The molecule has 1 aromatic carbocycles. The van der Waals surface area contributed by atoms with Crippen molar-refractivity contribution in [2.75, 3.05) is 30.3 Å². The van der Waals surface area contributed by atoms with Crippen molar-refractivity contribution in [3.05, 3.63) is 24.3 Å². The molecule has 0 unspecified atom stereocenters. The Morgan fingerprint density at radius 1 is 0.963 bits per heavy atom. The van der Waals surface area contributed by atoms with Crippen LogP contribution in [0, 0.1) is 5.92 Å². The first kappa shape index (κ1) is 23.4. The zero-order valence-electron chi connectivity index (χ0n) is 16.4. The minimum absolute atomic E-state index is 0. The fraction of sp³-hybridized carbons (Fsp3) is 0.600. The van der Waals surface area contributed by atoms with Gasteiger partial charge in [0.15, 0.2) is 0 Å². The van der Waals surface area contributed by atoms with Crippen molar-refractivity contribution >= 4 is 35.6 Å². The van der Waals surface area contributed by atoms with Gasteiger partial charge in [0, 0.05) is 11.4 Å². The van der Waals surface area contributed by atoms with E-state index in [1.54, 1.807) is 24.3 Å². The Balaban J connectivity index is 0.00000364. The third-order valence-electron chi connectivity index (χ3n) is 4.77. The Morgan fingerprint density at radius 3 is 1.96 bits per heavy atom. The van der Waals surface area contributed by atoms with Gasteiger partial charge in [-0.2, -0.15) is 0 Å². The number of carbonyl (C=O) groups excluding carboxylic acids is 2. The van der Waals surface area contributed by atoms with Crippen LogP contribution in [0.5, 0.6) is 0 Å². The predicted molar refractivity (Wildman–Crippen MR) is 113 cm³/mol. The molecule has 0 radical (unpaired) electrons. The molecule has 0 bridgehead atoms. The summed E-state index contributed by atoms with van der Waals surface area (Å²) in [5.41, 5.74) is 7.24. The Bertz CT molecular complexity index is 584. The van der Waals surface area contributed by atoms with E-state index in [9.17, 15) is 9.59 Å². The Labute approximate surface area is 168 Å². The molecule has 2 amide bonds. The Kier molecular flexibility index (Phi) is 10.4. The molecule has 1 saturated heterocycles. The van der Waals surface area contributed by atoms with Gasteiger partial charge >= 0.3 is 0 Å². The standard InChI is InChI=1S/C20H32N4O2.ClH/c1-15(2)19(21)20(26)23-17-10-8-16(9-11-17)22-18(25)14-24-12-6-4-3-5-7-13-24;/h8-11,15,19H,3-7,12-14,21H2,1-2H3,(H,22,25)(H,23,26);1H/t19-;/m0./s1. The summed E-state index contributed by atoms with van der Waals surface area (Å²) in [6, 6.07) is 6.60. The van der Waals surface area contributed by atoms with Crippen molar-refractivity contribution in [2.45, 2.75) is 52.0 Å². The van der Waals surface area contributed by atoms with Crippen LogP contribution in [0.2, 0.25) is 0 Å². The fourth-order valence-corrected chi connectivity index (χ4v) is 3.04. The molecule has 7 heteroatoms. The highest BCUT2D eigenvalue weighted by atomic mass is 35.5. The highest BCUT2D eigenvalue weighted by Gasteiger charge is 2.17. The summed E-state index contributed by atoms with van der Waals surface area (Å²) in [7, 11) is 0. The largest absolute Gasteiger partial charge is 0.325 e. The Morgan fingerprint density at radius 2 is 1.44 bits per heavy atom. The molecule has 1 heterocycles. The number of anilines is 2. The van der Waals surface area contributed by atoms with E-state index in [1.165, 1.54) is 32.1 Å². The first-order chi connectivity index (χ1) is 12.5. The van der Waals surface area contributed by atoms with Crippen molar-refractivity contribution in [1.82, 2.24) is 4.90 Å². The van der Waals surface area contributed by atoms with Gasteiger partial charge in [-0.3, -0.25) is 14.5 Å². The quantitative estimate of drug-likeness (QED) is 0.688. The van der Waals surface area contributed by atoms with Gasteiger partial charge in [-0.25, -0.2) is 0 Å². The van der Waals surface area contributed by atoms with Crippen molar-refractivity contribution in [3.8, 4) is 0 Å². The summed E-state index contributed by atoms with van der Waals surface area (Å²) in [4.78, 5) is 26.5. The second-order valence-corrected chi connectivity index (χ2v) is 7.43. The van der Waals surface area contributed by atoms with Crippen LogP contribution < -0.4 is 16.4 Å². The van der Waals surface area contributed by atoms with Gasteiger partial charge in [0.2, 0.25) is 11.8 Å². The summed E-state index contributed by atoms with van der Waals surface area (Å²) in [5, 5.41) is 5.73. The van der Waals surface area contributed by atoms with Crippen LogP contribution in [0.25, 0.3) is 0 Å². The van der Waals surface area contributed by atoms with E-state index in [2.05, 4.69) is 15.5 Å². The molecule has 1 atom stereocenters. The van der Waals surface area contributed by atoms with E-state index in [-0.39, 0.29) is 30.1 Å². The number of halogens is 1. The van der Waals surface area contributed by atoms with Gasteiger partial charge in [0.25, 0.3) is 0 Å². The van der Waals surface area contributed by atoms with Crippen LogP contribution in [0.4, 0.5) is 11.4 Å². The predicted octanol–water partition coefficient (Wildman–Crippen LogP) is 3.23. The van der Waals surface area contributed by atoms with E-state index >= 15 is 0 Å². The van der Waals surface area contributed by atoms with Crippen LogP contribution in [0.15, 0.2) is 24.3 Å². The zero-order chi connectivity index (χ0) is 18.9. The van der Waals surface area contributed by atoms with E-state index in [4.69, 9.17) is 5.73 Å². The molecule has 0 aromatic heterocycles. The van der Waals surface area contributed by atoms with Gasteiger partial charge in [-0.05, 0) is 56.1 Å². The zero-order valence-corrected chi connectivity index (χ0v) is 17.2. The van der Waals surface area contributed by atoms with Gasteiger partial charge in [-0.15, -0.1) is 12.4 Å². The van der Waals surface area contributed by atoms with Crippen LogP contribution >= 0.6 is 12.4 Å². The lowest BCUT2D eigenvalue weighted by Gasteiger charge is -2.23. The number of nitrogens with zero attached hydrogens (tertiary/aromatic N) is 1. The lowest BCUT2D eigenvalue weighted by molar-refractivity contribution is -0.118. The molecule has 4 N–H and O–H groups in total. The normalized spacial score (nSPS) is 16.6. The second-order valence-electron chi connectivity index (χ2n) is 7.43. The van der Waals surface area contributed by atoms with E-state index in [1.807, 2.05) is 13.8 Å². The molecular formula is C20H33ClN4O2. The minimum Gasteiger partial charge on any atom is -0.325 e. The number of carbonyl (C=O) groups is 2. The fourth-order valence-electron chi connectivity index (χ4n) is 3.04.